The second kappa shape index (κ2) is 7.92. The standard InChI is InChI=1S/C17H20BrClN2/c1-3-7-21-17(9-13-6-8-20-11-16(13)19)15-10-14(18)5-4-12(15)2/h4-6,8,10-11,17,21H,3,7,9H2,1-2H3. The molecule has 2 aromatic rings. The summed E-state index contributed by atoms with van der Waals surface area (Å²) in [7, 11) is 0. The van der Waals surface area contributed by atoms with Crippen LogP contribution in [-0.4, -0.2) is 11.5 Å². The van der Waals surface area contributed by atoms with Crippen LogP contribution in [0.4, 0.5) is 0 Å². The van der Waals surface area contributed by atoms with E-state index in [4.69, 9.17) is 11.6 Å². The summed E-state index contributed by atoms with van der Waals surface area (Å²) < 4.78 is 1.10. The number of nitrogens with zero attached hydrogens (tertiary/aromatic N) is 1. The Morgan fingerprint density at radius 3 is 2.86 bits per heavy atom. The molecule has 0 saturated carbocycles. The predicted octanol–water partition coefficient (Wildman–Crippen LogP) is 5.09. The maximum atomic E-state index is 6.26. The number of pyridine rings is 1. The Morgan fingerprint density at radius 1 is 1.33 bits per heavy atom. The summed E-state index contributed by atoms with van der Waals surface area (Å²) in [4.78, 5) is 4.06. The molecule has 0 fully saturated rings. The average molecular weight is 368 g/mol. The number of aromatic nitrogens is 1. The summed E-state index contributed by atoms with van der Waals surface area (Å²) in [6, 6.07) is 8.67. The minimum atomic E-state index is 0.252. The first-order chi connectivity index (χ1) is 10.1. The highest BCUT2D eigenvalue weighted by Crippen LogP contribution is 2.27. The maximum absolute atomic E-state index is 6.26. The molecule has 112 valence electrons. The van der Waals surface area contributed by atoms with Gasteiger partial charge in [0.25, 0.3) is 0 Å². The highest BCUT2D eigenvalue weighted by Gasteiger charge is 2.15. The lowest BCUT2D eigenvalue weighted by Crippen LogP contribution is -2.25. The SMILES string of the molecule is CCCNC(Cc1ccncc1Cl)c1cc(Br)ccc1C. The van der Waals surface area contributed by atoms with Gasteiger partial charge in [-0.05, 0) is 61.2 Å². The number of halogens is 2. The van der Waals surface area contributed by atoms with Gasteiger partial charge in [0.1, 0.15) is 0 Å². The van der Waals surface area contributed by atoms with E-state index in [9.17, 15) is 0 Å². The Kier molecular flexibility index (Phi) is 6.22. The predicted molar refractivity (Wildman–Crippen MR) is 92.9 cm³/mol. The van der Waals surface area contributed by atoms with E-state index in [1.807, 2.05) is 6.07 Å². The summed E-state index contributed by atoms with van der Waals surface area (Å²) in [6.07, 6.45) is 5.47. The van der Waals surface area contributed by atoms with Crippen molar-refractivity contribution in [2.24, 2.45) is 0 Å². The zero-order valence-corrected chi connectivity index (χ0v) is 14.7. The minimum Gasteiger partial charge on any atom is -0.310 e. The Hall–Kier alpha value is -0.900. The van der Waals surface area contributed by atoms with E-state index in [0.29, 0.717) is 0 Å². The van der Waals surface area contributed by atoms with Crippen LogP contribution in [0.25, 0.3) is 0 Å². The average Bonchev–Trinajstić information content (AvgIpc) is 2.48. The molecule has 0 spiro atoms. The third-order valence-corrected chi connectivity index (χ3v) is 4.37. The van der Waals surface area contributed by atoms with Crippen molar-refractivity contribution in [1.82, 2.24) is 10.3 Å². The van der Waals surface area contributed by atoms with Crippen molar-refractivity contribution in [3.8, 4) is 0 Å². The van der Waals surface area contributed by atoms with Crippen molar-refractivity contribution in [3.05, 3.63) is 62.8 Å². The van der Waals surface area contributed by atoms with Gasteiger partial charge in [-0.25, -0.2) is 0 Å². The maximum Gasteiger partial charge on any atom is 0.0622 e. The van der Waals surface area contributed by atoms with E-state index in [-0.39, 0.29) is 6.04 Å². The van der Waals surface area contributed by atoms with Crippen molar-refractivity contribution in [1.29, 1.82) is 0 Å². The first kappa shape index (κ1) is 16.5. The second-order valence-corrected chi connectivity index (χ2v) is 6.50. The van der Waals surface area contributed by atoms with E-state index >= 15 is 0 Å². The van der Waals surface area contributed by atoms with Gasteiger partial charge in [0, 0.05) is 22.9 Å². The van der Waals surface area contributed by atoms with Crippen molar-refractivity contribution in [3.63, 3.8) is 0 Å². The summed E-state index contributed by atoms with van der Waals surface area (Å²) in [5.41, 5.74) is 3.72. The first-order valence-electron chi connectivity index (χ1n) is 7.19. The van der Waals surface area contributed by atoms with E-state index in [2.05, 4.69) is 58.3 Å². The number of hydrogen-bond acceptors (Lipinski definition) is 2. The fraction of sp³-hybridized carbons (Fsp3) is 0.353. The monoisotopic (exact) mass is 366 g/mol. The molecule has 1 aromatic carbocycles. The van der Waals surface area contributed by atoms with Gasteiger partial charge in [-0.3, -0.25) is 4.98 Å². The molecule has 0 saturated heterocycles. The lowest BCUT2D eigenvalue weighted by Gasteiger charge is -2.22. The molecule has 2 nitrogen and oxygen atoms in total. The largest absolute Gasteiger partial charge is 0.310 e. The fourth-order valence-corrected chi connectivity index (χ4v) is 2.96. The van der Waals surface area contributed by atoms with Crippen LogP contribution in [0.15, 0.2) is 41.1 Å². The summed E-state index contributed by atoms with van der Waals surface area (Å²) in [6.45, 7) is 5.31. The molecule has 2 rings (SSSR count). The Balaban J connectivity index is 2.30. The van der Waals surface area contributed by atoms with E-state index < -0.39 is 0 Å². The van der Waals surface area contributed by atoms with Gasteiger partial charge in [0.05, 0.1) is 5.02 Å². The van der Waals surface area contributed by atoms with Crippen LogP contribution in [-0.2, 0) is 6.42 Å². The molecule has 1 N–H and O–H groups in total. The lowest BCUT2D eigenvalue weighted by molar-refractivity contribution is 0.527. The molecule has 1 heterocycles. The second-order valence-electron chi connectivity index (χ2n) is 5.18. The Morgan fingerprint density at radius 2 is 2.14 bits per heavy atom. The van der Waals surface area contributed by atoms with Gasteiger partial charge in [-0.15, -0.1) is 0 Å². The van der Waals surface area contributed by atoms with Crippen LogP contribution in [0.5, 0.6) is 0 Å². The van der Waals surface area contributed by atoms with Crippen LogP contribution < -0.4 is 5.32 Å². The van der Waals surface area contributed by atoms with Gasteiger partial charge in [-0.2, -0.15) is 0 Å². The molecule has 0 aliphatic rings. The Bertz CT molecular complexity index is 601. The molecule has 0 radical (unpaired) electrons. The molecule has 1 aromatic heterocycles. The first-order valence-corrected chi connectivity index (χ1v) is 8.36. The van der Waals surface area contributed by atoms with Crippen LogP contribution in [0, 0.1) is 6.92 Å². The minimum absolute atomic E-state index is 0.252. The van der Waals surface area contributed by atoms with Crippen molar-refractivity contribution in [2.45, 2.75) is 32.7 Å². The number of rotatable bonds is 6. The molecule has 0 aliphatic heterocycles. The normalized spacial score (nSPS) is 12.4. The molecular formula is C17H20BrClN2. The molecule has 0 aliphatic carbocycles. The summed E-state index contributed by atoms with van der Waals surface area (Å²) in [5, 5.41) is 4.36. The fourth-order valence-electron chi connectivity index (χ4n) is 2.39. The van der Waals surface area contributed by atoms with Gasteiger partial charge in [-0.1, -0.05) is 40.5 Å². The molecular weight excluding hydrogens is 348 g/mol. The van der Waals surface area contributed by atoms with Crippen LogP contribution in [0.3, 0.4) is 0 Å². The van der Waals surface area contributed by atoms with Gasteiger partial charge in [0.15, 0.2) is 0 Å². The van der Waals surface area contributed by atoms with Crippen molar-refractivity contribution in [2.75, 3.05) is 6.54 Å². The third kappa shape index (κ3) is 4.53. The van der Waals surface area contributed by atoms with Crippen LogP contribution in [0.2, 0.25) is 5.02 Å². The third-order valence-electron chi connectivity index (χ3n) is 3.54. The molecule has 1 unspecified atom stereocenters. The number of hydrogen-bond donors (Lipinski definition) is 1. The van der Waals surface area contributed by atoms with E-state index in [0.717, 1.165) is 34.4 Å². The lowest BCUT2D eigenvalue weighted by atomic mass is 9.95. The van der Waals surface area contributed by atoms with E-state index in [1.165, 1.54) is 11.1 Å². The van der Waals surface area contributed by atoms with Crippen molar-refractivity contribution < 1.29 is 0 Å². The highest BCUT2D eigenvalue weighted by molar-refractivity contribution is 9.10. The number of nitrogens with one attached hydrogen (secondary N) is 1. The zero-order chi connectivity index (χ0) is 15.2. The summed E-state index contributed by atoms with van der Waals surface area (Å²) in [5.74, 6) is 0. The molecule has 1 atom stereocenters. The zero-order valence-electron chi connectivity index (χ0n) is 12.4. The number of aryl methyl sites for hydroxylation is 1. The van der Waals surface area contributed by atoms with Gasteiger partial charge >= 0.3 is 0 Å². The molecule has 21 heavy (non-hydrogen) atoms. The van der Waals surface area contributed by atoms with Gasteiger partial charge in [0.2, 0.25) is 0 Å². The van der Waals surface area contributed by atoms with Crippen LogP contribution in [0.1, 0.15) is 36.1 Å². The molecule has 0 bridgehead atoms. The van der Waals surface area contributed by atoms with E-state index in [1.54, 1.807) is 12.4 Å². The molecule has 4 heteroatoms. The smallest absolute Gasteiger partial charge is 0.0622 e. The summed E-state index contributed by atoms with van der Waals surface area (Å²) >= 11 is 9.83. The topological polar surface area (TPSA) is 24.9 Å². The Labute approximate surface area is 140 Å². The van der Waals surface area contributed by atoms with Crippen LogP contribution >= 0.6 is 27.5 Å². The van der Waals surface area contributed by atoms with Crippen molar-refractivity contribution >= 4 is 27.5 Å². The highest BCUT2D eigenvalue weighted by atomic mass is 79.9. The van der Waals surface area contributed by atoms with Gasteiger partial charge < -0.3 is 5.32 Å². The quantitative estimate of drug-likeness (QED) is 0.769. The number of benzene rings is 1. The molecule has 0 amide bonds.